The van der Waals surface area contributed by atoms with E-state index in [1.54, 1.807) is 0 Å². The second kappa shape index (κ2) is 6.18. The van der Waals surface area contributed by atoms with Crippen molar-refractivity contribution >= 4 is 5.91 Å². The first-order valence-corrected chi connectivity index (χ1v) is 8.26. The third kappa shape index (κ3) is 2.84. The zero-order valence-corrected chi connectivity index (χ0v) is 13.2. The first-order chi connectivity index (χ1) is 10.2. The van der Waals surface area contributed by atoms with Crippen LogP contribution in [-0.2, 0) is 11.3 Å². The van der Waals surface area contributed by atoms with Crippen molar-refractivity contribution in [3.05, 3.63) is 18.0 Å². The summed E-state index contributed by atoms with van der Waals surface area (Å²) in [5, 5.41) is 4.48. The molecule has 0 saturated heterocycles. The minimum atomic E-state index is 0.285. The molecule has 3 rings (SSSR count). The average molecular weight is 290 g/mol. The molecular formula is C16H26N4O. The number of amides is 1. The van der Waals surface area contributed by atoms with Gasteiger partial charge in [-0.2, -0.15) is 5.10 Å². The SMILES string of the molecule is CCN(CC)C[C@@H]1CN(C(=O)C2CCC2)Cc2ccnn21. The van der Waals surface area contributed by atoms with E-state index in [9.17, 15) is 4.79 Å². The van der Waals surface area contributed by atoms with E-state index < -0.39 is 0 Å². The van der Waals surface area contributed by atoms with Crippen LogP contribution in [0.4, 0.5) is 0 Å². The Hall–Kier alpha value is -1.36. The van der Waals surface area contributed by atoms with Gasteiger partial charge in [0.2, 0.25) is 5.91 Å². The van der Waals surface area contributed by atoms with Crippen LogP contribution in [0.15, 0.2) is 12.3 Å². The van der Waals surface area contributed by atoms with E-state index in [1.165, 1.54) is 12.1 Å². The molecule has 21 heavy (non-hydrogen) atoms. The average Bonchev–Trinajstić information content (AvgIpc) is 2.90. The second-order valence-corrected chi connectivity index (χ2v) is 6.25. The summed E-state index contributed by atoms with van der Waals surface area (Å²) in [6, 6.07) is 2.34. The zero-order valence-electron chi connectivity index (χ0n) is 13.2. The lowest BCUT2D eigenvalue weighted by molar-refractivity contribution is -0.140. The summed E-state index contributed by atoms with van der Waals surface area (Å²) in [6.07, 6.45) is 5.23. The summed E-state index contributed by atoms with van der Waals surface area (Å²) in [5.74, 6) is 0.645. The lowest BCUT2D eigenvalue weighted by atomic mass is 9.84. The van der Waals surface area contributed by atoms with Crippen LogP contribution >= 0.6 is 0 Å². The first kappa shape index (κ1) is 14.6. The predicted molar refractivity (Wildman–Crippen MR) is 81.8 cm³/mol. The molecule has 1 amide bonds. The van der Waals surface area contributed by atoms with Gasteiger partial charge in [0.15, 0.2) is 0 Å². The van der Waals surface area contributed by atoms with Gasteiger partial charge in [-0.25, -0.2) is 0 Å². The van der Waals surface area contributed by atoms with E-state index in [1.807, 2.05) is 6.20 Å². The van der Waals surface area contributed by atoms with Gasteiger partial charge >= 0.3 is 0 Å². The van der Waals surface area contributed by atoms with Crippen molar-refractivity contribution in [2.24, 2.45) is 5.92 Å². The molecule has 1 saturated carbocycles. The highest BCUT2D eigenvalue weighted by Crippen LogP contribution is 2.31. The van der Waals surface area contributed by atoms with E-state index in [0.717, 1.165) is 45.6 Å². The minimum absolute atomic E-state index is 0.285. The molecule has 2 heterocycles. The highest BCUT2D eigenvalue weighted by atomic mass is 16.2. The van der Waals surface area contributed by atoms with E-state index in [4.69, 9.17) is 0 Å². The van der Waals surface area contributed by atoms with Gasteiger partial charge < -0.3 is 9.80 Å². The molecule has 1 fully saturated rings. The van der Waals surface area contributed by atoms with Crippen molar-refractivity contribution in [2.75, 3.05) is 26.2 Å². The summed E-state index contributed by atoms with van der Waals surface area (Å²) in [6.45, 7) is 8.96. The normalized spacial score (nSPS) is 22.2. The Labute approximate surface area is 126 Å². The Morgan fingerprint density at radius 1 is 1.38 bits per heavy atom. The Bertz CT molecular complexity index is 490. The molecule has 0 N–H and O–H groups in total. The number of nitrogens with zero attached hydrogens (tertiary/aromatic N) is 4. The summed E-state index contributed by atoms with van der Waals surface area (Å²) >= 11 is 0. The van der Waals surface area contributed by atoms with Gasteiger partial charge in [0.25, 0.3) is 0 Å². The highest BCUT2D eigenvalue weighted by Gasteiger charge is 2.34. The van der Waals surface area contributed by atoms with Gasteiger partial charge in [0.05, 0.1) is 18.3 Å². The number of carbonyl (C=O) groups is 1. The van der Waals surface area contributed by atoms with Crippen LogP contribution in [0.3, 0.4) is 0 Å². The number of hydrogen-bond acceptors (Lipinski definition) is 3. The Morgan fingerprint density at radius 3 is 2.76 bits per heavy atom. The zero-order chi connectivity index (χ0) is 14.8. The molecule has 1 aromatic heterocycles. The lowest BCUT2D eigenvalue weighted by Crippen LogP contribution is -2.48. The van der Waals surface area contributed by atoms with Crippen LogP contribution in [0.2, 0.25) is 0 Å². The topological polar surface area (TPSA) is 41.4 Å². The van der Waals surface area contributed by atoms with Crippen LogP contribution < -0.4 is 0 Å². The first-order valence-electron chi connectivity index (χ1n) is 8.26. The molecule has 1 aliphatic heterocycles. The van der Waals surface area contributed by atoms with Crippen molar-refractivity contribution in [1.29, 1.82) is 0 Å². The number of hydrogen-bond donors (Lipinski definition) is 0. The van der Waals surface area contributed by atoms with Gasteiger partial charge in [-0.1, -0.05) is 20.3 Å². The van der Waals surface area contributed by atoms with Crippen LogP contribution in [-0.4, -0.2) is 51.7 Å². The minimum Gasteiger partial charge on any atom is -0.334 e. The molecule has 0 spiro atoms. The van der Waals surface area contributed by atoms with Crippen LogP contribution in [0.5, 0.6) is 0 Å². The van der Waals surface area contributed by atoms with Gasteiger partial charge in [-0.05, 0) is 32.0 Å². The Morgan fingerprint density at radius 2 is 2.14 bits per heavy atom. The lowest BCUT2D eigenvalue weighted by Gasteiger charge is -2.39. The van der Waals surface area contributed by atoms with Gasteiger partial charge in [0, 0.05) is 25.2 Å². The van der Waals surface area contributed by atoms with E-state index >= 15 is 0 Å². The van der Waals surface area contributed by atoms with E-state index in [-0.39, 0.29) is 12.0 Å². The van der Waals surface area contributed by atoms with Crippen LogP contribution in [0.25, 0.3) is 0 Å². The fourth-order valence-electron chi connectivity index (χ4n) is 3.38. The molecule has 0 radical (unpaired) electrons. The molecule has 1 aliphatic carbocycles. The number of aromatic nitrogens is 2. The molecule has 0 unspecified atom stereocenters. The molecule has 116 valence electrons. The summed E-state index contributed by atoms with van der Waals surface area (Å²) < 4.78 is 2.13. The van der Waals surface area contributed by atoms with Crippen molar-refractivity contribution in [3.63, 3.8) is 0 Å². The maximum Gasteiger partial charge on any atom is 0.226 e. The number of likely N-dealkylation sites (N-methyl/N-ethyl adjacent to an activating group) is 1. The Kier molecular flexibility index (Phi) is 4.29. The molecule has 5 nitrogen and oxygen atoms in total. The van der Waals surface area contributed by atoms with Crippen molar-refractivity contribution in [1.82, 2.24) is 19.6 Å². The third-order valence-corrected chi connectivity index (χ3v) is 5.01. The van der Waals surface area contributed by atoms with Gasteiger partial charge in [-0.15, -0.1) is 0 Å². The molecule has 1 aromatic rings. The maximum absolute atomic E-state index is 12.6. The van der Waals surface area contributed by atoms with E-state index in [0.29, 0.717) is 5.91 Å². The Balaban J connectivity index is 1.74. The summed E-state index contributed by atoms with van der Waals surface area (Å²) in [4.78, 5) is 17.0. The predicted octanol–water partition coefficient (Wildman–Crippen LogP) is 1.91. The third-order valence-electron chi connectivity index (χ3n) is 5.01. The molecule has 0 aromatic carbocycles. The summed E-state index contributed by atoms with van der Waals surface area (Å²) in [5.41, 5.74) is 1.17. The fourth-order valence-corrected chi connectivity index (χ4v) is 3.38. The highest BCUT2D eigenvalue weighted by molar-refractivity contribution is 5.79. The largest absolute Gasteiger partial charge is 0.334 e. The van der Waals surface area contributed by atoms with Crippen molar-refractivity contribution < 1.29 is 4.79 Å². The molecule has 5 heteroatoms. The fraction of sp³-hybridized carbons (Fsp3) is 0.750. The number of rotatable bonds is 5. The number of fused-ring (bicyclic) bond motifs is 1. The smallest absolute Gasteiger partial charge is 0.226 e. The molecule has 0 bridgehead atoms. The quantitative estimate of drug-likeness (QED) is 0.832. The molecule has 2 aliphatic rings. The van der Waals surface area contributed by atoms with Crippen LogP contribution in [0.1, 0.15) is 44.8 Å². The monoisotopic (exact) mass is 290 g/mol. The van der Waals surface area contributed by atoms with Crippen LogP contribution in [0, 0.1) is 5.92 Å². The summed E-state index contributed by atoms with van der Waals surface area (Å²) in [7, 11) is 0. The van der Waals surface area contributed by atoms with Gasteiger partial charge in [0.1, 0.15) is 0 Å². The maximum atomic E-state index is 12.6. The standard InChI is InChI=1S/C16H26N4O/c1-3-18(4-2)10-15-12-19(16(21)13-6-5-7-13)11-14-8-9-17-20(14)15/h8-9,13,15H,3-7,10-12H2,1-2H3/t15-/m1/s1. The van der Waals surface area contributed by atoms with E-state index in [2.05, 4.69) is 39.5 Å². The van der Waals surface area contributed by atoms with Gasteiger partial charge in [-0.3, -0.25) is 9.48 Å². The molecule has 1 atom stereocenters. The number of carbonyl (C=O) groups excluding carboxylic acids is 1. The molecular weight excluding hydrogens is 264 g/mol. The van der Waals surface area contributed by atoms with Crippen molar-refractivity contribution in [2.45, 2.75) is 45.7 Å². The second-order valence-electron chi connectivity index (χ2n) is 6.25. The van der Waals surface area contributed by atoms with Crippen molar-refractivity contribution in [3.8, 4) is 0 Å².